The first-order chi connectivity index (χ1) is 5.74. The quantitative estimate of drug-likeness (QED) is 0.721. The van der Waals surface area contributed by atoms with Gasteiger partial charge in [-0.05, 0) is 12.5 Å². The number of rotatable bonds is 4. The maximum absolute atomic E-state index is 10.4. The standard InChI is InChI=1S/C8H11NO3/c1-2-5-9-7-4-3-6(12-7)8(10)11/h3-4,9H,2,5H2,1H3,(H,10,11). The number of anilines is 1. The number of carboxylic acids is 1. The number of hydrogen-bond donors (Lipinski definition) is 2. The van der Waals surface area contributed by atoms with Crippen LogP contribution in [0.5, 0.6) is 0 Å². The van der Waals surface area contributed by atoms with Gasteiger partial charge in [-0.1, -0.05) is 6.92 Å². The molecule has 0 saturated heterocycles. The van der Waals surface area contributed by atoms with E-state index in [1.165, 1.54) is 6.07 Å². The highest BCUT2D eigenvalue weighted by Gasteiger charge is 2.07. The first kappa shape index (κ1) is 8.64. The lowest BCUT2D eigenvalue weighted by atomic mass is 10.4. The SMILES string of the molecule is CCCNc1ccc(C(=O)O)o1. The van der Waals surface area contributed by atoms with Gasteiger partial charge in [0.2, 0.25) is 5.76 Å². The normalized spacial score (nSPS) is 9.75. The Kier molecular flexibility index (Phi) is 2.74. The minimum Gasteiger partial charge on any atom is -0.475 e. The second kappa shape index (κ2) is 3.80. The van der Waals surface area contributed by atoms with Gasteiger partial charge in [0, 0.05) is 12.6 Å². The molecule has 4 nitrogen and oxygen atoms in total. The van der Waals surface area contributed by atoms with Crippen molar-refractivity contribution in [3.63, 3.8) is 0 Å². The van der Waals surface area contributed by atoms with Crippen LogP contribution in [-0.2, 0) is 0 Å². The number of nitrogens with one attached hydrogen (secondary N) is 1. The van der Waals surface area contributed by atoms with Gasteiger partial charge in [-0.25, -0.2) is 4.79 Å². The van der Waals surface area contributed by atoms with Crippen molar-refractivity contribution in [1.82, 2.24) is 0 Å². The first-order valence-corrected chi connectivity index (χ1v) is 3.81. The van der Waals surface area contributed by atoms with E-state index in [0.29, 0.717) is 5.88 Å². The van der Waals surface area contributed by atoms with Gasteiger partial charge in [0.25, 0.3) is 0 Å². The molecule has 0 saturated carbocycles. The van der Waals surface area contributed by atoms with Crippen molar-refractivity contribution in [2.24, 2.45) is 0 Å². The molecule has 0 atom stereocenters. The van der Waals surface area contributed by atoms with Crippen LogP contribution >= 0.6 is 0 Å². The number of furan rings is 1. The molecule has 0 spiro atoms. The molecule has 1 heterocycles. The molecule has 1 rings (SSSR count). The fourth-order valence-corrected chi connectivity index (χ4v) is 0.796. The zero-order valence-electron chi connectivity index (χ0n) is 6.83. The molecule has 12 heavy (non-hydrogen) atoms. The lowest BCUT2D eigenvalue weighted by Crippen LogP contribution is -1.98. The van der Waals surface area contributed by atoms with E-state index in [-0.39, 0.29) is 5.76 Å². The largest absolute Gasteiger partial charge is 0.475 e. The number of aromatic carboxylic acids is 1. The summed E-state index contributed by atoms with van der Waals surface area (Å²) in [4.78, 5) is 10.4. The Balaban J connectivity index is 2.58. The van der Waals surface area contributed by atoms with Crippen molar-refractivity contribution in [1.29, 1.82) is 0 Å². The number of carbonyl (C=O) groups is 1. The van der Waals surface area contributed by atoms with Crippen molar-refractivity contribution >= 4 is 11.9 Å². The highest BCUT2D eigenvalue weighted by molar-refractivity contribution is 5.84. The fourth-order valence-electron chi connectivity index (χ4n) is 0.796. The van der Waals surface area contributed by atoms with Gasteiger partial charge in [-0.2, -0.15) is 0 Å². The van der Waals surface area contributed by atoms with Crippen molar-refractivity contribution in [3.05, 3.63) is 17.9 Å². The summed E-state index contributed by atoms with van der Waals surface area (Å²) in [6, 6.07) is 3.04. The summed E-state index contributed by atoms with van der Waals surface area (Å²) in [5.74, 6) is -0.567. The van der Waals surface area contributed by atoms with Crippen molar-refractivity contribution in [2.45, 2.75) is 13.3 Å². The lowest BCUT2D eigenvalue weighted by molar-refractivity contribution is 0.0663. The molecule has 4 heteroatoms. The Morgan fingerprint density at radius 2 is 2.42 bits per heavy atom. The van der Waals surface area contributed by atoms with Gasteiger partial charge < -0.3 is 14.8 Å². The molecule has 1 aromatic rings. The van der Waals surface area contributed by atoms with E-state index in [9.17, 15) is 4.79 Å². The molecular formula is C8H11NO3. The smallest absolute Gasteiger partial charge is 0.371 e. The summed E-state index contributed by atoms with van der Waals surface area (Å²) < 4.78 is 4.94. The fraction of sp³-hybridized carbons (Fsp3) is 0.375. The van der Waals surface area contributed by atoms with Crippen LogP contribution < -0.4 is 5.32 Å². The Hall–Kier alpha value is -1.45. The van der Waals surface area contributed by atoms with Crippen LogP contribution in [0.25, 0.3) is 0 Å². The maximum Gasteiger partial charge on any atom is 0.371 e. The average molecular weight is 169 g/mol. The predicted octanol–water partition coefficient (Wildman–Crippen LogP) is 1.80. The van der Waals surface area contributed by atoms with Crippen LogP contribution in [0.2, 0.25) is 0 Å². The van der Waals surface area contributed by atoms with Crippen molar-refractivity contribution in [2.75, 3.05) is 11.9 Å². The third kappa shape index (κ3) is 2.02. The zero-order chi connectivity index (χ0) is 8.97. The highest BCUT2D eigenvalue weighted by Crippen LogP contribution is 2.12. The second-order valence-electron chi connectivity index (χ2n) is 2.40. The Morgan fingerprint density at radius 3 is 2.92 bits per heavy atom. The molecule has 0 fully saturated rings. The van der Waals surface area contributed by atoms with Crippen LogP contribution in [0.3, 0.4) is 0 Å². The van der Waals surface area contributed by atoms with E-state index >= 15 is 0 Å². The molecule has 0 aliphatic heterocycles. The van der Waals surface area contributed by atoms with E-state index in [1.54, 1.807) is 6.07 Å². The lowest BCUT2D eigenvalue weighted by Gasteiger charge is -1.97. The van der Waals surface area contributed by atoms with Crippen molar-refractivity contribution in [3.8, 4) is 0 Å². The van der Waals surface area contributed by atoms with E-state index in [0.717, 1.165) is 13.0 Å². The molecule has 66 valence electrons. The Morgan fingerprint density at radius 1 is 1.67 bits per heavy atom. The minimum atomic E-state index is -1.04. The van der Waals surface area contributed by atoms with Gasteiger partial charge in [0.05, 0.1) is 0 Å². The molecule has 2 N–H and O–H groups in total. The maximum atomic E-state index is 10.4. The molecule has 1 aromatic heterocycles. The third-order valence-corrected chi connectivity index (χ3v) is 1.37. The molecule has 0 bridgehead atoms. The van der Waals surface area contributed by atoms with Gasteiger partial charge in [-0.15, -0.1) is 0 Å². The molecule has 0 aromatic carbocycles. The van der Waals surface area contributed by atoms with Crippen LogP contribution in [-0.4, -0.2) is 17.6 Å². The van der Waals surface area contributed by atoms with Gasteiger partial charge in [-0.3, -0.25) is 0 Å². The van der Waals surface area contributed by atoms with Crippen LogP contribution in [0.1, 0.15) is 23.9 Å². The zero-order valence-corrected chi connectivity index (χ0v) is 6.83. The Labute approximate surface area is 70.2 Å². The summed E-state index contributed by atoms with van der Waals surface area (Å²) >= 11 is 0. The van der Waals surface area contributed by atoms with E-state index in [2.05, 4.69) is 5.32 Å². The van der Waals surface area contributed by atoms with Gasteiger partial charge in [0.15, 0.2) is 5.88 Å². The molecule has 0 amide bonds. The van der Waals surface area contributed by atoms with Crippen molar-refractivity contribution < 1.29 is 14.3 Å². The monoisotopic (exact) mass is 169 g/mol. The van der Waals surface area contributed by atoms with Gasteiger partial charge >= 0.3 is 5.97 Å². The van der Waals surface area contributed by atoms with E-state index in [4.69, 9.17) is 9.52 Å². The van der Waals surface area contributed by atoms with Gasteiger partial charge in [0.1, 0.15) is 0 Å². The topological polar surface area (TPSA) is 62.5 Å². The second-order valence-corrected chi connectivity index (χ2v) is 2.40. The molecule has 0 aliphatic carbocycles. The average Bonchev–Trinajstić information content (AvgIpc) is 2.48. The molecular weight excluding hydrogens is 158 g/mol. The summed E-state index contributed by atoms with van der Waals surface area (Å²) in [7, 11) is 0. The first-order valence-electron chi connectivity index (χ1n) is 3.81. The molecule has 0 radical (unpaired) electrons. The summed E-state index contributed by atoms with van der Waals surface area (Å²) in [5.41, 5.74) is 0. The van der Waals surface area contributed by atoms with Crippen LogP contribution in [0.4, 0.5) is 5.88 Å². The van der Waals surface area contributed by atoms with E-state index in [1.807, 2.05) is 6.92 Å². The Bertz CT molecular complexity index is 267. The summed E-state index contributed by atoms with van der Waals surface area (Å²) in [6.07, 6.45) is 0.975. The molecule has 0 unspecified atom stereocenters. The van der Waals surface area contributed by atoms with Crippen LogP contribution in [0, 0.1) is 0 Å². The molecule has 0 aliphatic rings. The summed E-state index contributed by atoms with van der Waals surface area (Å²) in [6.45, 7) is 2.81. The third-order valence-electron chi connectivity index (χ3n) is 1.37. The predicted molar refractivity (Wildman–Crippen MR) is 44.4 cm³/mol. The number of hydrogen-bond acceptors (Lipinski definition) is 3. The minimum absolute atomic E-state index is 0.0337. The van der Waals surface area contributed by atoms with Crippen LogP contribution in [0.15, 0.2) is 16.5 Å². The highest BCUT2D eigenvalue weighted by atomic mass is 16.4. The number of carboxylic acid groups (broad SMARTS) is 1. The van der Waals surface area contributed by atoms with E-state index < -0.39 is 5.97 Å². The summed E-state index contributed by atoms with van der Waals surface area (Å²) in [5, 5.41) is 11.4.